The van der Waals surface area contributed by atoms with Gasteiger partial charge in [-0.3, -0.25) is 0 Å². The van der Waals surface area contributed by atoms with E-state index in [4.69, 9.17) is 14.6 Å². The van der Waals surface area contributed by atoms with Gasteiger partial charge in [0, 0.05) is 0 Å². The highest BCUT2D eigenvalue weighted by molar-refractivity contribution is 5.81. The molecule has 0 unspecified atom stereocenters. The Balaban J connectivity index is 2.47. The largest absolute Gasteiger partial charge is 0.461 e. The average Bonchev–Trinajstić information content (AvgIpc) is 2.55. The van der Waals surface area contributed by atoms with Crippen molar-refractivity contribution in [3.8, 4) is 0 Å². The zero-order valence-electron chi connectivity index (χ0n) is 13.3. The number of nitrogens with one attached hydrogen (secondary N) is 1. The Bertz CT molecular complexity index is 491. The molecule has 0 saturated carbocycles. The molecule has 0 heterocycles. The molecule has 0 aliphatic carbocycles. The average molecular weight is 325 g/mol. The van der Waals surface area contributed by atoms with Gasteiger partial charge in [0.1, 0.15) is 25.4 Å². The summed E-state index contributed by atoms with van der Waals surface area (Å²) in [6, 6.07) is 8.25. The van der Waals surface area contributed by atoms with Crippen LogP contribution < -0.4 is 5.32 Å². The second-order valence-electron chi connectivity index (χ2n) is 5.39. The van der Waals surface area contributed by atoms with E-state index in [1.165, 1.54) is 0 Å². The van der Waals surface area contributed by atoms with Crippen molar-refractivity contribution in [2.24, 2.45) is 5.92 Å². The molecule has 0 spiro atoms. The summed E-state index contributed by atoms with van der Waals surface area (Å²) < 4.78 is 9.92. The van der Waals surface area contributed by atoms with Crippen LogP contribution in [0.3, 0.4) is 0 Å². The molecule has 1 amide bonds. The molecule has 0 aromatic heterocycles. The molecule has 2 atom stereocenters. The number of amides is 1. The molecule has 0 fully saturated rings. The zero-order valence-corrected chi connectivity index (χ0v) is 13.3. The van der Waals surface area contributed by atoms with E-state index in [0.717, 1.165) is 5.56 Å². The number of alkyl carbamates (subject to hydrolysis) is 1. The minimum Gasteiger partial charge on any atom is -0.461 e. The first-order valence-electron chi connectivity index (χ1n) is 7.36. The molecule has 0 radical (unpaired) electrons. The molecule has 23 heavy (non-hydrogen) atoms. The Hall–Kier alpha value is -2.12. The summed E-state index contributed by atoms with van der Waals surface area (Å²) in [7, 11) is 0. The number of aliphatic hydroxyl groups is 2. The molecular weight excluding hydrogens is 302 g/mol. The third kappa shape index (κ3) is 7.12. The SMILES string of the molecule is CC(C)[C@H](NC(=O)OCc1ccccc1)C(=O)OC[C@@H](O)CO. The van der Waals surface area contributed by atoms with Gasteiger partial charge in [-0.25, -0.2) is 9.59 Å². The number of rotatable bonds is 8. The maximum atomic E-state index is 11.9. The van der Waals surface area contributed by atoms with E-state index in [-0.39, 0.29) is 19.1 Å². The van der Waals surface area contributed by atoms with Gasteiger partial charge < -0.3 is 25.0 Å². The van der Waals surface area contributed by atoms with E-state index >= 15 is 0 Å². The fraction of sp³-hybridized carbons (Fsp3) is 0.500. The van der Waals surface area contributed by atoms with Crippen LogP contribution in [0.2, 0.25) is 0 Å². The quantitative estimate of drug-likeness (QED) is 0.612. The van der Waals surface area contributed by atoms with Crippen LogP contribution >= 0.6 is 0 Å². The predicted molar refractivity (Wildman–Crippen MR) is 82.4 cm³/mol. The van der Waals surface area contributed by atoms with E-state index < -0.39 is 30.8 Å². The van der Waals surface area contributed by atoms with Crippen molar-refractivity contribution in [2.75, 3.05) is 13.2 Å². The molecule has 128 valence electrons. The van der Waals surface area contributed by atoms with Crippen LogP contribution in [0.5, 0.6) is 0 Å². The summed E-state index contributed by atoms with van der Waals surface area (Å²) in [6.07, 6.45) is -1.87. The normalized spacial score (nSPS) is 13.3. The molecule has 0 aliphatic rings. The lowest BCUT2D eigenvalue weighted by Crippen LogP contribution is -2.46. The summed E-state index contributed by atoms with van der Waals surface area (Å²) in [5, 5.41) is 20.3. The van der Waals surface area contributed by atoms with Crippen LogP contribution in [0.4, 0.5) is 4.79 Å². The van der Waals surface area contributed by atoms with Gasteiger partial charge in [-0.05, 0) is 11.5 Å². The number of esters is 1. The number of benzene rings is 1. The Labute approximate surface area is 135 Å². The van der Waals surface area contributed by atoms with E-state index in [1.54, 1.807) is 13.8 Å². The molecule has 1 aromatic carbocycles. The van der Waals surface area contributed by atoms with Crippen molar-refractivity contribution in [1.82, 2.24) is 5.32 Å². The summed E-state index contributed by atoms with van der Waals surface area (Å²) in [4.78, 5) is 23.7. The second kappa shape index (κ2) is 9.81. The number of carbonyl (C=O) groups excluding carboxylic acids is 2. The fourth-order valence-corrected chi connectivity index (χ4v) is 1.71. The molecule has 3 N–H and O–H groups in total. The minimum atomic E-state index is -1.14. The van der Waals surface area contributed by atoms with Gasteiger partial charge in [0.2, 0.25) is 0 Å². The maximum absolute atomic E-state index is 11.9. The van der Waals surface area contributed by atoms with Crippen LogP contribution in [-0.2, 0) is 20.9 Å². The lowest BCUT2D eigenvalue weighted by Gasteiger charge is -2.21. The third-order valence-electron chi connectivity index (χ3n) is 3.04. The molecule has 7 nitrogen and oxygen atoms in total. The summed E-state index contributed by atoms with van der Waals surface area (Å²) in [5.41, 5.74) is 0.831. The second-order valence-corrected chi connectivity index (χ2v) is 5.39. The molecule has 0 aliphatic heterocycles. The van der Waals surface area contributed by atoms with E-state index in [1.807, 2.05) is 30.3 Å². The lowest BCUT2D eigenvalue weighted by atomic mass is 10.1. The lowest BCUT2D eigenvalue weighted by molar-refractivity contribution is -0.150. The van der Waals surface area contributed by atoms with Crippen molar-refractivity contribution in [3.05, 3.63) is 35.9 Å². The van der Waals surface area contributed by atoms with Crippen LogP contribution in [0.25, 0.3) is 0 Å². The van der Waals surface area contributed by atoms with E-state index in [0.29, 0.717) is 0 Å². The Kier molecular flexibility index (Phi) is 8.07. The van der Waals surface area contributed by atoms with Gasteiger partial charge in [0.25, 0.3) is 0 Å². The van der Waals surface area contributed by atoms with Crippen molar-refractivity contribution in [1.29, 1.82) is 0 Å². The zero-order chi connectivity index (χ0) is 17.2. The number of aliphatic hydroxyl groups excluding tert-OH is 2. The highest BCUT2D eigenvalue weighted by atomic mass is 16.6. The summed E-state index contributed by atoms with van der Waals surface area (Å²) >= 11 is 0. The first-order chi connectivity index (χ1) is 10.9. The highest BCUT2D eigenvalue weighted by Crippen LogP contribution is 2.06. The van der Waals surface area contributed by atoms with Crippen molar-refractivity contribution in [2.45, 2.75) is 32.6 Å². The number of carbonyl (C=O) groups is 2. The predicted octanol–water partition coefficient (Wildman–Crippen LogP) is 0.834. The van der Waals surface area contributed by atoms with Crippen molar-refractivity contribution >= 4 is 12.1 Å². The van der Waals surface area contributed by atoms with Gasteiger partial charge in [-0.2, -0.15) is 0 Å². The first-order valence-corrected chi connectivity index (χ1v) is 7.36. The van der Waals surface area contributed by atoms with Crippen LogP contribution in [0, 0.1) is 5.92 Å². The van der Waals surface area contributed by atoms with Crippen molar-refractivity contribution < 1.29 is 29.3 Å². The molecule has 0 saturated heterocycles. The number of hydrogen-bond donors (Lipinski definition) is 3. The third-order valence-corrected chi connectivity index (χ3v) is 3.04. The smallest absolute Gasteiger partial charge is 0.408 e. The van der Waals surface area contributed by atoms with Crippen LogP contribution in [-0.4, -0.2) is 47.6 Å². The van der Waals surface area contributed by atoms with E-state index in [9.17, 15) is 14.7 Å². The van der Waals surface area contributed by atoms with Gasteiger partial charge in [-0.15, -0.1) is 0 Å². The molecular formula is C16H23NO6. The molecule has 1 rings (SSSR count). The van der Waals surface area contributed by atoms with Gasteiger partial charge in [0.05, 0.1) is 6.61 Å². The standard InChI is InChI=1S/C16H23NO6/c1-11(2)14(15(20)22-10-13(19)8-18)17-16(21)23-9-12-6-4-3-5-7-12/h3-7,11,13-14,18-19H,8-10H2,1-2H3,(H,17,21)/t13-,14-/m0/s1. The van der Waals surface area contributed by atoms with Crippen molar-refractivity contribution in [3.63, 3.8) is 0 Å². The maximum Gasteiger partial charge on any atom is 0.408 e. The number of ether oxygens (including phenoxy) is 2. The number of hydrogen-bond acceptors (Lipinski definition) is 6. The molecule has 7 heteroatoms. The van der Waals surface area contributed by atoms with Gasteiger partial charge in [-0.1, -0.05) is 44.2 Å². The topological polar surface area (TPSA) is 105 Å². The fourth-order valence-electron chi connectivity index (χ4n) is 1.71. The van der Waals surface area contributed by atoms with Gasteiger partial charge >= 0.3 is 12.1 Å². The van der Waals surface area contributed by atoms with Crippen LogP contribution in [0.15, 0.2) is 30.3 Å². The highest BCUT2D eigenvalue weighted by Gasteiger charge is 2.26. The Morgan fingerprint density at radius 1 is 1.17 bits per heavy atom. The first kappa shape index (κ1) is 18.9. The Morgan fingerprint density at radius 2 is 1.83 bits per heavy atom. The summed E-state index contributed by atoms with van der Waals surface area (Å²) in [5.74, 6) is -0.915. The minimum absolute atomic E-state index is 0.0930. The summed E-state index contributed by atoms with van der Waals surface area (Å²) in [6.45, 7) is 2.74. The van der Waals surface area contributed by atoms with Crippen LogP contribution in [0.1, 0.15) is 19.4 Å². The molecule has 0 bridgehead atoms. The monoisotopic (exact) mass is 325 g/mol. The molecule has 1 aromatic rings. The van der Waals surface area contributed by atoms with Gasteiger partial charge in [0.15, 0.2) is 0 Å². The van der Waals surface area contributed by atoms with E-state index in [2.05, 4.69) is 5.32 Å². The Morgan fingerprint density at radius 3 is 2.39 bits per heavy atom.